The molecule has 0 aliphatic carbocycles. The highest BCUT2D eigenvalue weighted by Gasteiger charge is 2.14. The van der Waals surface area contributed by atoms with Crippen molar-refractivity contribution in [3.8, 4) is 11.5 Å². The van der Waals surface area contributed by atoms with Crippen LogP contribution in [0.1, 0.15) is 22.5 Å². The van der Waals surface area contributed by atoms with E-state index in [0.29, 0.717) is 35.2 Å². The Hall–Kier alpha value is -3.39. The van der Waals surface area contributed by atoms with Crippen LogP contribution < -0.4 is 20.1 Å². The predicted octanol–water partition coefficient (Wildman–Crippen LogP) is 3.98. The van der Waals surface area contributed by atoms with E-state index in [4.69, 9.17) is 9.47 Å². The summed E-state index contributed by atoms with van der Waals surface area (Å²) in [6.07, 6.45) is 0.984. The van der Waals surface area contributed by atoms with Gasteiger partial charge in [-0.05, 0) is 12.0 Å². The highest BCUT2D eigenvalue weighted by atomic mass is 32.1. The van der Waals surface area contributed by atoms with Crippen molar-refractivity contribution >= 4 is 34.0 Å². The van der Waals surface area contributed by atoms with Crippen molar-refractivity contribution in [2.45, 2.75) is 12.8 Å². The molecule has 8 heteroatoms. The zero-order valence-corrected chi connectivity index (χ0v) is 16.9. The molecule has 2 amide bonds. The number of aromatic nitrogens is 1. The number of nitrogens with one attached hydrogen (secondary N) is 2. The molecule has 3 rings (SSSR count). The zero-order valence-electron chi connectivity index (χ0n) is 16.1. The number of anilines is 2. The Balaban J connectivity index is 1.57. The molecule has 0 fully saturated rings. The number of carbonyl (C=O) groups is 2. The van der Waals surface area contributed by atoms with E-state index in [1.54, 1.807) is 23.6 Å². The molecule has 29 heavy (non-hydrogen) atoms. The van der Waals surface area contributed by atoms with Gasteiger partial charge in [0.1, 0.15) is 17.2 Å². The van der Waals surface area contributed by atoms with Crippen LogP contribution in [0.25, 0.3) is 0 Å². The normalized spacial score (nSPS) is 10.3. The van der Waals surface area contributed by atoms with Crippen molar-refractivity contribution < 1.29 is 19.1 Å². The minimum atomic E-state index is -0.388. The Morgan fingerprint density at radius 1 is 1.00 bits per heavy atom. The third-order valence-electron chi connectivity index (χ3n) is 4.08. The molecule has 0 radical (unpaired) electrons. The maximum Gasteiger partial charge on any atom is 0.275 e. The van der Waals surface area contributed by atoms with Crippen LogP contribution in [0.5, 0.6) is 11.5 Å². The summed E-state index contributed by atoms with van der Waals surface area (Å²) in [5.74, 6) is 0.586. The topological polar surface area (TPSA) is 89.6 Å². The number of amides is 2. The molecule has 3 aromatic rings. The molecule has 0 spiro atoms. The van der Waals surface area contributed by atoms with Gasteiger partial charge in [-0.1, -0.05) is 30.3 Å². The third kappa shape index (κ3) is 5.79. The lowest BCUT2D eigenvalue weighted by Crippen LogP contribution is -2.14. The summed E-state index contributed by atoms with van der Waals surface area (Å²) >= 11 is 1.20. The lowest BCUT2D eigenvalue weighted by Gasteiger charge is -2.09. The van der Waals surface area contributed by atoms with Gasteiger partial charge in [0, 0.05) is 35.7 Å². The van der Waals surface area contributed by atoms with E-state index in [1.165, 1.54) is 25.6 Å². The number of benzene rings is 2. The van der Waals surface area contributed by atoms with E-state index in [-0.39, 0.29) is 17.5 Å². The van der Waals surface area contributed by atoms with E-state index < -0.39 is 0 Å². The quantitative estimate of drug-likeness (QED) is 0.585. The number of methoxy groups -OCH3 is 2. The van der Waals surface area contributed by atoms with Crippen LogP contribution in [0.3, 0.4) is 0 Å². The molecule has 0 aliphatic heterocycles. The number of ether oxygens (including phenoxy) is 2. The first-order valence-electron chi connectivity index (χ1n) is 8.91. The summed E-state index contributed by atoms with van der Waals surface area (Å²) in [7, 11) is 3.07. The van der Waals surface area contributed by atoms with Crippen LogP contribution in [-0.2, 0) is 11.2 Å². The van der Waals surface area contributed by atoms with Crippen LogP contribution in [-0.4, -0.2) is 31.0 Å². The Kier molecular flexibility index (Phi) is 6.80. The Morgan fingerprint density at radius 3 is 2.34 bits per heavy atom. The summed E-state index contributed by atoms with van der Waals surface area (Å²) in [5.41, 5.74) is 1.83. The molecule has 2 aromatic carbocycles. The molecule has 0 saturated carbocycles. The molecule has 1 heterocycles. The Labute approximate surface area is 172 Å². The molecule has 0 bridgehead atoms. The van der Waals surface area contributed by atoms with Gasteiger partial charge >= 0.3 is 0 Å². The fourth-order valence-corrected chi connectivity index (χ4v) is 3.30. The smallest absolute Gasteiger partial charge is 0.275 e. The van der Waals surface area contributed by atoms with E-state index in [9.17, 15) is 9.59 Å². The van der Waals surface area contributed by atoms with Crippen LogP contribution in [0.2, 0.25) is 0 Å². The molecule has 0 atom stereocenters. The second kappa shape index (κ2) is 9.70. The van der Waals surface area contributed by atoms with Crippen molar-refractivity contribution in [3.63, 3.8) is 0 Å². The van der Waals surface area contributed by atoms with Crippen LogP contribution in [0.4, 0.5) is 10.8 Å². The SMILES string of the molecule is COc1cc(NC(=O)c2csc(NC(=O)CCc3ccccc3)n2)cc(OC)c1. The van der Waals surface area contributed by atoms with Crippen LogP contribution >= 0.6 is 11.3 Å². The average Bonchev–Trinajstić information content (AvgIpc) is 3.21. The molecule has 7 nitrogen and oxygen atoms in total. The van der Waals surface area contributed by atoms with Crippen molar-refractivity contribution in [2.75, 3.05) is 24.9 Å². The summed E-state index contributed by atoms with van der Waals surface area (Å²) in [6, 6.07) is 14.8. The van der Waals surface area contributed by atoms with Gasteiger partial charge in [-0.25, -0.2) is 4.98 Å². The lowest BCUT2D eigenvalue weighted by molar-refractivity contribution is -0.116. The first-order valence-corrected chi connectivity index (χ1v) is 9.79. The minimum Gasteiger partial charge on any atom is -0.497 e. The Bertz CT molecular complexity index is 966. The molecule has 150 valence electrons. The minimum absolute atomic E-state index is 0.146. The van der Waals surface area contributed by atoms with Gasteiger partial charge in [-0.15, -0.1) is 11.3 Å². The molecular weight excluding hydrogens is 390 g/mol. The molecule has 2 N–H and O–H groups in total. The van der Waals surface area contributed by atoms with Gasteiger partial charge in [0.05, 0.1) is 14.2 Å². The van der Waals surface area contributed by atoms with Gasteiger partial charge < -0.3 is 20.1 Å². The van der Waals surface area contributed by atoms with E-state index in [1.807, 2.05) is 30.3 Å². The van der Waals surface area contributed by atoms with E-state index in [2.05, 4.69) is 15.6 Å². The number of hydrogen-bond donors (Lipinski definition) is 2. The van der Waals surface area contributed by atoms with Crippen molar-refractivity contribution in [2.24, 2.45) is 0 Å². The Morgan fingerprint density at radius 2 is 1.69 bits per heavy atom. The monoisotopic (exact) mass is 411 g/mol. The average molecular weight is 411 g/mol. The molecule has 0 unspecified atom stereocenters. The molecule has 1 aromatic heterocycles. The highest BCUT2D eigenvalue weighted by molar-refractivity contribution is 7.14. The number of carbonyl (C=O) groups excluding carboxylic acids is 2. The first-order chi connectivity index (χ1) is 14.1. The van der Waals surface area contributed by atoms with Crippen molar-refractivity contribution in [3.05, 3.63) is 65.2 Å². The summed E-state index contributed by atoms with van der Waals surface area (Å²) < 4.78 is 10.4. The number of thiazole rings is 1. The second-order valence-electron chi connectivity index (χ2n) is 6.13. The van der Waals surface area contributed by atoms with Gasteiger partial charge in [-0.2, -0.15) is 0 Å². The van der Waals surface area contributed by atoms with E-state index >= 15 is 0 Å². The molecular formula is C21H21N3O4S. The van der Waals surface area contributed by atoms with Gasteiger partial charge in [0.15, 0.2) is 5.13 Å². The largest absolute Gasteiger partial charge is 0.497 e. The van der Waals surface area contributed by atoms with Gasteiger partial charge in [-0.3, -0.25) is 9.59 Å². The number of rotatable bonds is 8. The summed E-state index contributed by atoms with van der Waals surface area (Å²) in [4.78, 5) is 28.8. The van der Waals surface area contributed by atoms with Gasteiger partial charge in [0.2, 0.25) is 5.91 Å². The standard InChI is InChI=1S/C21H21N3O4S/c1-27-16-10-15(11-17(12-16)28-2)22-20(26)18-13-29-21(23-18)24-19(25)9-8-14-6-4-3-5-7-14/h3-7,10-13H,8-9H2,1-2H3,(H,22,26)(H,23,24,25). The maximum atomic E-state index is 12.5. The fourth-order valence-electron chi connectivity index (χ4n) is 2.59. The molecule has 0 aliphatic rings. The maximum absolute atomic E-state index is 12.5. The lowest BCUT2D eigenvalue weighted by atomic mass is 10.1. The predicted molar refractivity (Wildman–Crippen MR) is 113 cm³/mol. The fraction of sp³-hybridized carbons (Fsp3) is 0.190. The third-order valence-corrected chi connectivity index (χ3v) is 4.83. The molecule has 0 saturated heterocycles. The number of nitrogens with zero attached hydrogens (tertiary/aromatic N) is 1. The van der Waals surface area contributed by atoms with Crippen molar-refractivity contribution in [1.29, 1.82) is 0 Å². The summed E-state index contributed by atoms with van der Waals surface area (Å²) in [5, 5.41) is 7.47. The van der Waals surface area contributed by atoms with E-state index in [0.717, 1.165) is 5.56 Å². The van der Waals surface area contributed by atoms with Crippen LogP contribution in [0, 0.1) is 0 Å². The highest BCUT2D eigenvalue weighted by Crippen LogP contribution is 2.26. The number of hydrogen-bond acceptors (Lipinski definition) is 6. The van der Waals surface area contributed by atoms with Gasteiger partial charge in [0.25, 0.3) is 5.91 Å². The van der Waals surface area contributed by atoms with Crippen LogP contribution in [0.15, 0.2) is 53.9 Å². The number of aryl methyl sites for hydroxylation is 1. The van der Waals surface area contributed by atoms with Crippen molar-refractivity contribution in [1.82, 2.24) is 4.98 Å². The second-order valence-corrected chi connectivity index (χ2v) is 6.99. The zero-order chi connectivity index (χ0) is 20.6. The summed E-state index contributed by atoms with van der Waals surface area (Å²) in [6.45, 7) is 0. The first kappa shape index (κ1) is 20.3.